The lowest BCUT2D eigenvalue weighted by Gasteiger charge is -2.08. The molecule has 0 fully saturated rings. The van der Waals surface area contributed by atoms with Gasteiger partial charge in [0.2, 0.25) is 11.8 Å². The Hall–Kier alpha value is -4.80. The third-order valence-corrected chi connectivity index (χ3v) is 5.43. The van der Waals surface area contributed by atoms with Crippen LogP contribution in [0.15, 0.2) is 55.0 Å². The van der Waals surface area contributed by atoms with Crippen LogP contribution in [0, 0.1) is 0 Å². The summed E-state index contributed by atoms with van der Waals surface area (Å²) in [6.07, 6.45) is 1.56. The van der Waals surface area contributed by atoms with E-state index in [2.05, 4.69) is 15.0 Å². The van der Waals surface area contributed by atoms with Gasteiger partial charge in [0.15, 0.2) is 23.0 Å². The number of benzene rings is 2. The number of rotatable bonds is 6. The predicted octanol–water partition coefficient (Wildman–Crippen LogP) is 3.39. The van der Waals surface area contributed by atoms with Crippen molar-refractivity contribution in [3.63, 3.8) is 0 Å². The number of methoxy groups -OCH3 is 4. The standard InChI is InChI=1S/C24H19N3O8/c1-30-17-6-12-14(8-19(17)32-3)26-21(34-23(12)28)11-5-16(25-10-11)22-27-15-9-20(33-4)18(31-2)7-13(15)24(29)35-22/h5-10,25H,1-4H3. The Morgan fingerprint density at radius 3 is 1.63 bits per heavy atom. The lowest BCUT2D eigenvalue weighted by Crippen LogP contribution is -2.04. The summed E-state index contributed by atoms with van der Waals surface area (Å²) < 4.78 is 31.9. The summed E-state index contributed by atoms with van der Waals surface area (Å²) in [6, 6.07) is 7.80. The maximum Gasteiger partial charge on any atom is 0.347 e. The Bertz CT molecular complexity index is 1580. The summed E-state index contributed by atoms with van der Waals surface area (Å²) in [7, 11) is 5.92. The average Bonchev–Trinajstić information content (AvgIpc) is 3.37. The van der Waals surface area contributed by atoms with Crippen LogP contribution in [0.5, 0.6) is 23.0 Å². The summed E-state index contributed by atoms with van der Waals surface area (Å²) in [4.78, 5) is 37.1. The minimum atomic E-state index is -0.599. The maximum atomic E-state index is 12.6. The molecule has 0 spiro atoms. The molecule has 1 N–H and O–H groups in total. The van der Waals surface area contributed by atoms with Gasteiger partial charge in [-0.05, 0) is 6.07 Å². The van der Waals surface area contributed by atoms with E-state index < -0.39 is 11.3 Å². The molecule has 0 unspecified atom stereocenters. The first-order chi connectivity index (χ1) is 16.9. The largest absolute Gasteiger partial charge is 0.493 e. The molecule has 0 saturated carbocycles. The number of H-pyrrole nitrogens is 1. The quantitative estimate of drug-likeness (QED) is 0.387. The van der Waals surface area contributed by atoms with E-state index in [1.54, 1.807) is 24.4 Å². The van der Waals surface area contributed by atoms with E-state index in [4.69, 9.17) is 27.8 Å². The van der Waals surface area contributed by atoms with Gasteiger partial charge in [0, 0.05) is 30.5 Å². The van der Waals surface area contributed by atoms with Crippen molar-refractivity contribution in [2.45, 2.75) is 0 Å². The zero-order valence-corrected chi connectivity index (χ0v) is 19.1. The Labute approximate surface area is 196 Å². The summed E-state index contributed by atoms with van der Waals surface area (Å²) in [5, 5.41) is 0.485. The molecule has 5 aromatic rings. The number of aromatic amines is 1. The summed E-state index contributed by atoms with van der Waals surface area (Å²) in [6.45, 7) is 0. The fraction of sp³-hybridized carbons (Fsp3) is 0.167. The third-order valence-electron chi connectivity index (χ3n) is 5.43. The SMILES string of the molecule is COc1cc2nc(-c3c[nH]c(-c4nc5cc(OC)c(OC)cc5c(=O)o4)c3)oc(=O)c2cc1OC. The second-order valence-electron chi connectivity index (χ2n) is 7.36. The highest BCUT2D eigenvalue weighted by Gasteiger charge is 2.18. The van der Waals surface area contributed by atoms with Crippen LogP contribution in [0.25, 0.3) is 44.8 Å². The Morgan fingerprint density at radius 1 is 0.657 bits per heavy atom. The summed E-state index contributed by atoms with van der Waals surface area (Å²) in [5.74, 6) is 1.72. The molecule has 0 radical (unpaired) electrons. The summed E-state index contributed by atoms with van der Waals surface area (Å²) in [5.41, 5.74) is 0.370. The third kappa shape index (κ3) is 3.72. The topological polar surface area (TPSA) is 139 Å². The van der Waals surface area contributed by atoms with Gasteiger partial charge in [-0.2, -0.15) is 0 Å². The lowest BCUT2D eigenvalue weighted by molar-refractivity contribution is 0.355. The molecule has 0 bridgehead atoms. The highest BCUT2D eigenvalue weighted by atomic mass is 16.5. The Morgan fingerprint density at radius 2 is 1.11 bits per heavy atom. The van der Waals surface area contributed by atoms with Crippen molar-refractivity contribution >= 4 is 21.8 Å². The van der Waals surface area contributed by atoms with Crippen LogP contribution >= 0.6 is 0 Å². The molecule has 5 rings (SSSR count). The first-order valence-electron chi connectivity index (χ1n) is 10.3. The van der Waals surface area contributed by atoms with Crippen LogP contribution in [0.3, 0.4) is 0 Å². The molecule has 0 aliphatic heterocycles. The highest BCUT2D eigenvalue weighted by Crippen LogP contribution is 2.33. The van der Waals surface area contributed by atoms with Gasteiger partial charge in [-0.3, -0.25) is 0 Å². The van der Waals surface area contributed by atoms with E-state index in [1.165, 1.54) is 40.6 Å². The van der Waals surface area contributed by atoms with Crippen molar-refractivity contribution in [1.82, 2.24) is 15.0 Å². The fourth-order valence-electron chi connectivity index (χ4n) is 3.68. The molecular formula is C24H19N3O8. The van der Waals surface area contributed by atoms with Crippen LogP contribution in [0.1, 0.15) is 0 Å². The zero-order valence-electron chi connectivity index (χ0n) is 19.1. The molecule has 0 aliphatic carbocycles. The fourth-order valence-corrected chi connectivity index (χ4v) is 3.68. The van der Waals surface area contributed by atoms with Crippen LogP contribution in [-0.2, 0) is 0 Å². The molecule has 2 aromatic carbocycles. The van der Waals surface area contributed by atoms with E-state index >= 15 is 0 Å². The number of ether oxygens (including phenoxy) is 4. The first kappa shape index (κ1) is 22.0. The molecule has 3 aromatic heterocycles. The molecule has 0 atom stereocenters. The van der Waals surface area contributed by atoms with Crippen molar-refractivity contribution in [2.24, 2.45) is 0 Å². The number of nitrogens with one attached hydrogen (secondary N) is 1. The number of hydrogen-bond acceptors (Lipinski definition) is 10. The molecule has 0 aliphatic rings. The van der Waals surface area contributed by atoms with Gasteiger partial charge >= 0.3 is 11.3 Å². The highest BCUT2D eigenvalue weighted by molar-refractivity contribution is 5.84. The number of aromatic nitrogens is 3. The van der Waals surface area contributed by atoms with E-state index in [1.807, 2.05) is 0 Å². The summed E-state index contributed by atoms with van der Waals surface area (Å²) >= 11 is 0. The van der Waals surface area contributed by atoms with E-state index in [-0.39, 0.29) is 22.6 Å². The lowest BCUT2D eigenvalue weighted by atomic mass is 10.2. The van der Waals surface area contributed by atoms with Crippen molar-refractivity contribution in [3.05, 3.63) is 57.4 Å². The van der Waals surface area contributed by atoms with Crippen LogP contribution < -0.4 is 30.2 Å². The second-order valence-corrected chi connectivity index (χ2v) is 7.36. The van der Waals surface area contributed by atoms with Crippen molar-refractivity contribution in [3.8, 4) is 46.0 Å². The van der Waals surface area contributed by atoms with E-state index in [0.717, 1.165) is 0 Å². The number of fused-ring (bicyclic) bond motifs is 2. The minimum absolute atomic E-state index is 0.0375. The van der Waals surface area contributed by atoms with Gasteiger partial charge in [0.05, 0.1) is 55.8 Å². The maximum absolute atomic E-state index is 12.6. The van der Waals surface area contributed by atoms with Gasteiger partial charge < -0.3 is 32.8 Å². The molecule has 11 nitrogen and oxygen atoms in total. The normalized spacial score (nSPS) is 11.1. The van der Waals surface area contributed by atoms with Crippen LogP contribution in [0.4, 0.5) is 0 Å². The number of hydrogen-bond donors (Lipinski definition) is 1. The average molecular weight is 477 g/mol. The Kier molecular flexibility index (Phi) is 5.36. The monoisotopic (exact) mass is 477 g/mol. The van der Waals surface area contributed by atoms with Gasteiger partial charge in [0.1, 0.15) is 5.69 Å². The molecule has 35 heavy (non-hydrogen) atoms. The number of nitrogens with zero attached hydrogens (tertiary/aromatic N) is 2. The van der Waals surface area contributed by atoms with Gasteiger partial charge in [-0.1, -0.05) is 0 Å². The molecule has 11 heteroatoms. The first-order valence-corrected chi connectivity index (χ1v) is 10.3. The Balaban J connectivity index is 1.59. The van der Waals surface area contributed by atoms with Gasteiger partial charge in [-0.25, -0.2) is 19.6 Å². The van der Waals surface area contributed by atoms with Gasteiger partial charge in [0.25, 0.3) is 0 Å². The molecular weight excluding hydrogens is 458 g/mol. The van der Waals surface area contributed by atoms with E-state index in [9.17, 15) is 9.59 Å². The van der Waals surface area contributed by atoms with Crippen LogP contribution in [0.2, 0.25) is 0 Å². The minimum Gasteiger partial charge on any atom is -0.493 e. The van der Waals surface area contributed by atoms with Crippen molar-refractivity contribution < 1.29 is 27.8 Å². The van der Waals surface area contributed by atoms with Crippen molar-refractivity contribution in [2.75, 3.05) is 28.4 Å². The predicted molar refractivity (Wildman–Crippen MR) is 126 cm³/mol. The van der Waals surface area contributed by atoms with Gasteiger partial charge in [-0.15, -0.1) is 0 Å². The van der Waals surface area contributed by atoms with Crippen molar-refractivity contribution in [1.29, 1.82) is 0 Å². The molecule has 0 amide bonds. The molecule has 0 saturated heterocycles. The van der Waals surface area contributed by atoms with Crippen LogP contribution in [-0.4, -0.2) is 43.4 Å². The zero-order chi connectivity index (χ0) is 24.7. The molecule has 3 heterocycles. The molecule has 178 valence electrons. The van der Waals surface area contributed by atoms with E-state index in [0.29, 0.717) is 45.3 Å². The second kappa shape index (κ2) is 8.52. The smallest absolute Gasteiger partial charge is 0.347 e.